The Morgan fingerprint density at radius 1 is 1.25 bits per heavy atom. The molecular weight excluding hydrogens is 306 g/mol. The highest BCUT2D eigenvalue weighted by Crippen LogP contribution is 2.31. The van der Waals surface area contributed by atoms with Crippen molar-refractivity contribution in [3.8, 4) is 5.75 Å². The Morgan fingerprint density at radius 2 is 1.92 bits per heavy atom. The molecule has 0 aromatic heterocycles. The molecule has 1 aliphatic heterocycles. The van der Waals surface area contributed by atoms with Gasteiger partial charge in [-0.15, -0.1) is 0 Å². The van der Waals surface area contributed by atoms with Crippen LogP contribution in [0.15, 0.2) is 24.3 Å². The number of amides is 1. The molecule has 0 spiro atoms. The zero-order valence-electron chi connectivity index (χ0n) is 14.9. The van der Waals surface area contributed by atoms with Crippen LogP contribution in [0.1, 0.15) is 12.8 Å². The molecule has 0 saturated carbocycles. The van der Waals surface area contributed by atoms with Crippen molar-refractivity contribution in [2.45, 2.75) is 12.8 Å². The van der Waals surface area contributed by atoms with Gasteiger partial charge in [0, 0.05) is 19.3 Å². The van der Waals surface area contributed by atoms with E-state index in [0.717, 1.165) is 43.9 Å². The van der Waals surface area contributed by atoms with Crippen molar-refractivity contribution in [1.82, 2.24) is 10.2 Å². The average Bonchev–Trinajstić information content (AvgIpc) is 2.57. The van der Waals surface area contributed by atoms with E-state index in [4.69, 9.17) is 9.47 Å². The van der Waals surface area contributed by atoms with Crippen molar-refractivity contribution in [2.75, 3.05) is 59.4 Å². The maximum atomic E-state index is 12.8. The predicted molar refractivity (Wildman–Crippen MR) is 95.5 cm³/mol. The lowest BCUT2D eigenvalue weighted by Crippen LogP contribution is -2.47. The summed E-state index contributed by atoms with van der Waals surface area (Å²) < 4.78 is 11.0. The minimum atomic E-state index is -0.444. The minimum absolute atomic E-state index is 0.0344. The number of likely N-dealkylation sites (N-methyl/N-ethyl adjacent to an activating group) is 1. The first-order valence-corrected chi connectivity index (χ1v) is 8.44. The van der Waals surface area contributed by atoms with E-state index in [-0.39, 0.29) is 5.91 Å². The van der Waals surface area contributed by atoms with Crippen molar-refractivity contribution in [3.05, 3.63) is 24.3 Å². The SMILES string of the molecule is COCC1(C(=O)Nc2ccc(OCCN(C)C)cc2)CCNCC1. The van der Waals surface area contributed by atoms with Gasteiger partial charge in [0.25, 0.3) is 0 Å². The molecule has 0 radical (unpaired) electrons. The van der Waals surface area contributed by atoms with Crippen LogP contribution in [0.5, 0.6) is 5.75 Å². The number of hydrogen-bond donors (Lipinski definition) is 2. The molecular formula is C18H29N3O3. The molecule has 24 heavy (non-hydrogen) atoms. The Morgan fingerprint density at radius 3 is 2.50 bits per heavy atom. The molecule has 6 nitrogen and oxygen atoms in total. The lowest BCUT2D eigenvalue weighted by molar-refractivity contribution is -0.130. The maximum Gasteiger partial charge on any atom is 0.233 e. The summed E-state index contributed by atoms with van der Waals surface area (Å²) in [7, 11) is 5.67. The van der Waals surface area contributed by atoms with Crippen LogP contribution in [0.2, 0.25) is 0 Å². The largest absolute Gasteiger partial charge is 0.492 e. The summed E-state index contributed by atoms with van der Waals surface area (Å²) in [5, 5.41) is 6.32. The number of carbonyl (C=O) groups excluding carboxylic acids is 1. The lowest BCUT2D eigenvalue weighted by Gasteiger charge is -2.35. The highest BCUT2D eigenvalue weighted by Gasteiger charge is 2.39. The van der Waals surface area contributed by atoms with Crippen molar-refractivity contribution < 1.29 is 14.3 Å². The number of carbonyl (C=O) groups is 1. The number of nitrogens with zero attached hydrogens (tertiary/aromatic N) is 1. The van der Waals surface area contributed by atoms with Gasteiger partial charge in [0.2, 0.25) is 5.91 Å². The van der Waals surface area contributed by atoms with Crippen LogP contribution in [0.4, 0.5) is 5.69 Å². The van der Waals surface area contributed by atoms with Crippen molar-refractivity contribution in [3.63, 3.8) is 0 Å². The third-order valence-corrected chi connectivity index (χ3v) is 4.38. The Hall–Kier alpha value is -1.63. The quantitative estimate of drug-likeness (QED) is 0.755. The molecule has 0 atom stereocenters. The van der Waals surface area contributed by atoms with E-state index in [1.165, 1.54) is 0 Å². The molecule has 1 heterocycles. The maximum absolute atomic E-state index is 12.8. The van der Waals surface area contributed by atoms with Gasteiger partial charge in [-0.2, -0.15) is 0 Å². The van der Waals surface area contributed by atoms with Gasteiger partial charge in [0.05, 0.1) is 12.0 Å². The highest BCUT2D eigenvalue weighted by atomic mass is 16.5. The highest BCUT2D eigenvalue weighted by molar-refractivity contribution is 5.95. The fourth-order valence-corrected chi connectivity index (χ4v) is 2.86. The van der Waals surface area contributed by atoms with Gasteiger partial charge in [0.1, 0.15) is 12.4 Å². The van der Waals surface area contributed by atoms with Crippen LogP contribution in [0.25, 0.3) is 0 Å². The molecule has 1 aliphatic rings. The van der Waals surface area contributed by atoms with E-state index in [1.54, 1.807) is 7.11 Å². The molecule has 0 bridgehead atoms. The van der Waals surface area contributed by atoms with Crippen LogP contribution in [-0.2, 0) is 9.53 Å². The molecule has 134 valence electrons. The van der Waals surface area contributed by atoms with E-state index in [0.29, 0.717) is 13.2 Å². The van der Waals surface area contributed by atoms with Crippen molar-refractivity contribution >= 4 is 11.6 Å². The number of benzene rings is 1. The van der Waals surface area contributed by atoms with Crippen LogP contribution in [-0.4, -0.2) is 64.9 Å². The molecule has 2 rings (SSSR count). The van der Waals surface area contributed by atoms with Crippen LogP contribution in [0.3, 0.4) is 0 Å². The van der Waals surface area contributed by atoms with Crippen LogP contribution >= 0.6 is 0 Å². The molecule has 1 saturated heterocycles. The number of methoxy groups -OCH3 is 1. The zero-order chi connectivity index (χ0) is 17.4. The van der Waals surface area contributed by atoms with E-state index in [2.05, 4.69) is 15.5 Å². The van der Waals surface area contributed by atoms with Gasteiger partial charge in [-0.25, -0.2) is 0 Å². The fraction of sp³-hybridized carbons (Fsp3) is 0.611. The smallest absolute Gasteiger partial charge is 0.233 e. The predicted octanol–water partition coefficient (Wildman–Crippen LogP) is 1.58. The summed E-state index contributed by atoms with van der Waals surface area (Å²) in [4.78, 5) is 14.8. The molecule has 1 fully saturated rings. The number of anilines is 1. The van der Waals surface area contributed by atoms with Gasteiger partial charge >= 0.3 is 0 Å². The summed E-state index contributed by atoms with van der Waals surface area (Å²) in [6, 6.07) is 7.53. The Balaban J connectivity index is 1.93. The second kappa shape index (κ2) is 9.01. The van der Waals surface area contributed by atoms with Gasteiger partial charge in [0.15, 0.2) is 0 Å². The normalized spacial score (nSPS) is 16.8. The molecule has 6 heteroatoms. The minimum Gasteiger partial charge on any atom is -0.492 e. The number of piperidine rings is 1. The number of nitrogens with one attached hydrogen (secondary N) is 2. The molecule has 0 aliphatic carbocycles. The lowest BCUT2D eigenvalue weighted by atomic mass is 9.78. The second-order valence-corrected chi connectivity index (χ2v) is 6.59. The third-order valence-electron chi connectivity index (χ3n) is 4.38. The van der Waals surface area contributed by atoms with Crippen molar-refractivity contribution in [2.24, 2.45) is 5.41 Å². The van der Waals surface area contributed by atoms with E-state index < -0.39 is 5.41 Å². The summed E-state index contributed by atoms with van der Waals surface area (Å²) in [5.41, 5.74) is 0.343. The summed E-state index contributed by atoms with van der Waals surface area (Å²) >= 11 is 0. The van der Waals surface area contributed by atoms with Crippen LogP contribution in [0, 0.1) is 5.41 Å². The number of ether oxygens (including phenoxy) is 2. The van der Waals surface area contributed by atoms with Gasteiger partial charge in [-0.3, -0.25) is 4.79 Å². The molecule has 1 amide bonds. The molecule has 1 aromatic rings. The standard InChI is InChI=1S/C18H29N3O3/c1-21(2)12-13-24-16-6-4-15(5-7-16)20-17(22)18(14-23-3)8-10-19-11-9-18/h4-7,19H,8-14H2,1-3H3,(H,20,22). The molecule has 1 aromatic carbocycles. The van der Waals surface area contributed by atoms with E-state index in [1.807, 2.05) is 38.4 Å². The van der Waals surface area contributed by atoms with E-state index in [9.17, 15) is 4.79 Å². The van der Waals surface area contributed by atoms with Gasteiger partial charge < -0.3 is 25.0 Å². The first-order chi connectivity index (χ1) is 11.6. The summed E-state index contributed by atoms with van der Waals surface area (Å²) in [5.74, 6) is 0.843. The number of rotatable bonds is 8. The second-order valence-electron chi connectivity index (χ2n) is 6.59. The topological polar surface area (TPSA) is 62.8 Å². The monoisotopic (exact) mass is 335 g/mol. The summed E-state index contributed by atoms with van der Waals surface area (Å²) in [6.45, 7) is 3.64. The average molecular weight is 335 g/mol. The van der Waals surface area contributed by atoms with Gasteiger partial charge in [-0.1, -0.05) is 0 Å². The summed E-state index contributed by atoms with van der Waals surface area (Å²) in [6.07, 6.45) is 1.58. The first kappa shape index (κ1) is 18.7. The Kier molecular flexibility index (Phi) is 7.02. The Labute approximate surface area is 144 Å². The Bertz CT molecular complexity index is 505. The fourth-order valence-electron chi connectivity index (χ4n) is 2.86. The molecule has 0 unspecified atom stereocenters. The zero-order valence-corrected chi connectivity index (χ0v) is 14.9. The van der Waals surface area contributed by atoms with Crippen LogP contribution < -0.4 is 15.4 Å². The van der Waals surface area contributed by atoms with Crippen molar-refractivity contribution in [1.29, 1.82) is 0 Å². The third kappa shape index (κ3) is 5.19. The van der Waals surface area contributed by atoms with E-state index >= 15 is 0 Å². The first-order valence-electron chi connectivity index (χ1n) is 8.44. The molecule has 2 N–H and O–H groups in total. The number of hydrogen-bond acceptors (Lipinski definition) is 5. The van der Waals surface area contributed by atoms with Gasteiger partial charge in [-0.05, 0) is 64.3 Å².